The van der Waals surface area contributed by atoms with E-state index < -0.39 is 0 Å². The van der Waals surface area contributed by atoms with Gasteiger partial charge in [0.25, 0.3) is 0 Å². The molecule has 2 aromatic rings. The molecule has 0 spiro atoms. The van der Waals surface area contributed by atoms with Crippen molar-refractivity contribution >= 4 is 47.0 Å². The number of nitrogens with zero attached hydrogens (tertiary/aromatic N) is 3. The maximum Gasteiger partial charge on any atom is 0.194 e. The molecule has 1 aromatic heterocycles. The largest absolute Gasteiger partial charge is 0.506 e. The summed E-state index contributed by atoms with van der Waals surface area (Å²) in [5.41, 5.74) is 2.19. The van der Waals surface area contributed by atoms with Crippen molar-refractivity contribution in [3.63, 3.8) is 0 Å². The molecule has 1 aromatic carbocycles. The molecule has 5 nitrogen and oxygen atoms in total. The number of hydrogen-bond acceptors (Lipinski definition) is 4. The SMILES string of the molecule is CN=C(NCc1ccsc1)N1CCN(c2ccccc2O)CC1.I. The summed E-state index contributed by atoms with van der Waals surface area (Å²) in [7, 11) is 1.82. The maximum absolute atomic E-state index is 9.98. The molecule has 24 heavy (non-hydrogen) atoms. The summed E-state index contributed by atoms with van der Waals surface area (Å²) in [6, 6.07) is 9.65. The van der Waals surface area contributed by atoms with Crippen LogP contribution in [-0.4, -0.2) is 49.2 Å². The minimum atomic E-state index is 0. The molecule has 1 fully saturated rings. The van der Waals surface area contributed by atoms with Crippen LogP contribution in [0.4, 0.5) is 5.69 Å². The molecule has 0 unspecified atom stereocenters. The molecule has 0 bridgehead atoms. The number of piperazine rings is 1. The molecule has 0 atom stereocenters. The number of anilines is 1. The lowest BCUT2D eigenvalue weighted by Crippen LogP contribution is -2.52. The first-order chi connectivity index (χ1) is 11.3. The lowest BCUT2D eigenvalue weighted by Gasteiger charge is -2.37. The highest BCUT2D eigenvalue weighted by atomic mass is 127. The van der Waals surface area contributed by atoms with Gasteiger partial charge in [-0.15, -0.1) is 24.0 Å². The highest BCUT2D eigenvalue weighted by Gasteiger charge is 2.21. The number of halogens is 1. The second-order valence-corrected chi connectivity index (χ2v) is 6.28. The number of phenolic OH excluding ortho intramolecular Hbond substituents is 1. The van der Waals surface area contributed by atoms with Crippen LogP contribution >= 0.6 is 35.3 Å². The van der Waals surface area contributed by atoms with Gasteiger partial charge in [-0.2, -0.15) is 11.3 Å². The Morgan fingerprint density at radius 2 is 1.96 bits per heavy atom. The number of nitrogens with one attached hydrogen (secondary N) is 1. The van der Waals surface area contributed by atoms with Crippen molar-refractivity contribution in [2.75, 3.05) is 38.1 Å². The van der Waals surface area contributed by atoms with E-state index in [2.05, 4.69) is 36.9 Å². The van der Waals surface area contributed by atoms with Crippen LogP contribution in [0, 0.1) is 0 Å². The average molecular weight is 458 g/mol. The normalized spacial score (nSPS) is 15.1. The van der Waals surface area contributed by atoms with E-state index in [0.717, 1.165) is 44.4 Å². The number of aromatic hydroxyl groups is 1. The summed E-state index contributed by atoms with van der Waals surface area (Å²) in [6.07, 6.45) is 0. The predicted octanol–water partition coefficient (Wildman–Crippen LogP) is 2.97. The zero-order valence-electron chi connectivity index (χ0n) is 13.7. The van der Waals surface area contributed by atoms with Crippen molar-refractivity contribution in [1.82, 2.24) is 10.2 Å². The quantitative estimate of drug-likeness (QED) is 0.422. The van der Waals surface area contributed by atoms with Crippen molar-refractivity contribution in [3.05, 3.63) is 46.7 Å². The zero-order chi connectivity index (χ0) is 16.1. The first-order valence-corrected chi connectivity index (χ1v) is 8.72. The lowest BCUT2D eigenvalue weighted by molar-refractivity contribution is 0.369. The molecule has 0 radical (unpaired) electrons. The Labute approximate surface area is 164 Å². The molecular formula is C17H23IN4OS. The Balaban J connectivity index is 0.00000208. The summed E-state index contributed by atoms with van der Waals surface area (Å²) in [5.74, 6) is 1.29. The van der Waals surface area contributed by atoms with Crippen LogP contribution in [0.3, 0.4) is 0 Å². The van der Waals surface area contributed by atoms with E-state index in [-0.39, 0.29) is 24.0 Å². The van der Waals surface area contributed by atoms with Gasteiger partial charge in [0.2, 0.25) is 0 Å². The van der Waals surface area contributed by atoms with Gasteiger partial charge in [-0.05, 0) is 34.5 Å². The second kappa shape index (κ2) is 9.12. The standard InChI is InChI=1S/C17H22N4OS.HI/c1-18-17(19-12-14-6-11-23-13-14)21-9-7-20(8-10-21)15-4-2-3-5-16(15)22;/h2-6,11,13,22H,7-10,12H2,1H3,(H,18,19);1H. The molecule has 2 heterocycles. The Hall–Kier alpha value is -1.48. The summed E-state index contributed by atoms with van der Waals surface area (Å²) >= 11 is 1.71. The molecular weight excluding hydrogens is 435 g/mol. The van der Waals surface area contributed by atoms with Crippen LogP contribution in [0.1, 0.15) is 5.56 Å². The highest BCUT2D eigenvalue weighted by molar-refractivity contribution is 14.0. The second-order valence-electron chi connectivity index (χ2n) is 5.50. The average Bonchev–Trinajstić information content (AvgIpc) is 3.10. The fraction of sp³-hybridized carbons (Fsp3) is 0.353. The predicted molar refractivity (Wildman–Crippen MR) is 112 cm³/mol. The van der Waals surface area contributed by atoms with Gasteiger partial charge < -0.3 is 20.2 Å². The first-order valence-electron chi connectivity index (χ1n) is 7.77. The molecule has 0 saturated carbocycles. The maximum atomic E-state index is 9.98. The van der Waals surface area contributed by atoms with Crippen LogP contribution in [0.15, 0.2) is 46.1 Å². The minimum absolute atomic E-state index is 0. The summed E-state index contributed by atoms with van der Waals surface area (Å²) < 4.78 is 0. The van der Waals surface area contributed by atoms with Crippen LogP contribution in [-0.2, 0) is 6.54 Å². The molecule has 130 valence electrons. The highest BCUT2D eigenvalue weighted by Crippen LogP contribution is 2.27. The van der Waals surface area contributed by atoms with Gasteiger partial charge in [0.05, 0.1) is 5.69 Å². The number of rotatable bonds is 3. The third-order valence-electron chi connectivity index (χ3n) is 4.04. The van der Waals surface area contributed by atoms with Crippen LogP contribution in [0.2, 0.25) is 0 Å². The molecule has 0 amide bonds. The Morgan fingerprint density at radius 3 is 2.58 bits per heavy atom. The number of phenols is 1. The van der Waals surface area contributed by atoms with Crippen molar-refractivity contribution in [1.29, 1.82) is 0 Å². The third kappa shape index (κ3) is 4.54. The number of aliphatic imine (C=N–C) groups is 1. The summed E-state index contributed by atoms with van der Waals surface area (Å²) in [6.45, 7) is 4.32. The van der Waals surface area contributed by atoms with Crippen molar-refractivity contribution < 1.29 is 5.11 Å². The number of para-hydroxylation sites is 2. The van der Waals surface area contributed by atoms with Crippen molar-refractivity contribution in [2.24, 2.45) is 4.99 Å². The van der Waals surface area contributed by atoms with E-state index in [4.69, 9.17) is 0 Å². The molecule has 2 N–H and O–H groups in total. The summed E-state index contributed by atoms with van der Waals surface area (Å²) in [4.78, 5) is 8.88. The van der Waals surface area contributed by atoms with E-state index in [0.29, 0.717) is 5.75 Å². The van der Waals surface area contributed by atoms with Crippen molar-refractivity contribution in [3.8, 4) is 5.75 Å². The van der Waals surface area contributed by atoms with Gasteiger partial charge >= 0.3 is 0 Å². The van der Waals surface area contributed by atoms with Crippen LogP contribution < -0.4 is 10.2 Å². The molecule has 1 aliphatic rings. The minimum Gasteiger partial charge on any atom is -0.506 e. The van der Waals surface area contributed by atoms with Crippen LogP contribution in [0.25, 0.3) is 0 Å². The van der Waals surface area contributed by atoms with Gasteiger partial charge in [0.15, 0.2) is 5.96 Å². The number of guanidine groups is 1. The number of benzene rings is 1. The Kier molecular flexibility index (Phi) is 7.16. The molecule has 7 heteroatoms. The first kappa shape index (κ1) is 18.9. The number of hydrogen-bond donors (Lipinski definition) is 2. The Morgan fingerprint density at radius 1 is 1.21 bits per heavy atom. The molecule has 1 saturated heterocycles. The topological polar surface area (TPSA) is 51.1 Å². The fourth-order valence-electron chi connectivity index (χ4n) is 2.80. The van der Waals surface area contributed by atoms with E-state index in [9.17, 15) is 5.11 Å². The Bertz CT molecular complexity index is 654. The number of thiophene rings is 1. The van der Waals surface area contributed by atoms with E-state index in [1.165, 1.54) is 5.56 Å². The molecule has 3 rings (SSSR count). The third-order valence-corrected chi connectivity index (χ3v) is 4.78. The van der Waals surface area contributed by atoms with Crippen molar-refractivity contribution in [2.45, 2.75) is 6.54 Å². The molecule has 0 aliphatic carbocycles. The zero-order valence-corrected chi connectivity index (χ0v) is 16.8. The van der Waals surface area contributed by atoms with Crippen LogP contribution in [0.5, 0.6) is 5.75 Å². The van der Waals surface area contributed by atoms with Gasteiger partial charge in [-0.1, -0.05) is 12.1 Å². The van der Waals surface area contributed by atoms with E-state index in [1.54, 1.807) is 17.4 Å². The lowest BCUT2D eigenvalue weighted by atomic mass is 10.2. The van der Waals surface area contributed by atoms with Gasteiger partial charge in [-0.25, -0.2) is 0 Å². The van der Waals surface area contributed by atoms with Gasteiger partial charge in [-0.3, -0.25) is 4.99 Å². The fourth-order valence-corrected chi connectivity index (χ4v) is 3.47. The van der Waals surface area contributed by atoms with Gasteiger partial charge in [0.1, 0.15) is 5.75 Å². The molecule has 1 aliphatic heterocycles. The monoisotopic (exact) mass is 458 g/mol. The smallest absolute Gasteiger partial charge is 0.194 e. The van der Waals surface area contributed by atoms with E-state index in [1.807, 2.05) is 25.2 Å². The van der Waals surface area contributed by atoms with E-state index >= 15 is 0 Å². The van der Waals surface area contributed by atoms with Gasteiger partial charge in [0, 0.05) is 39.8 Å². The summed E-state index contributed by atoms with van der Waals surface area (Å²) in [5, 5.41) is 17.6.